The topological polar surface area (TPSA) is 80.3 Å². The van der Waals surface area contributed by atoms with Crippen LogP contribution in [0.2, 0.25) is 0 Å². The highest BCUT2D eigenvalue weighted by molar-refractivity contribution is 7.21. The minimum Gasteiger partial charge on any atom is -0.376 e. The predicted molar refractivity (Wildman–Crippen MR) is 110 cm³/mol. The first kappa shape index (κ1) is 18.6. The van der Waals surface area contributed by atoms with Gasteiger partial charge in [0.25, 0.3) is 0 Å². The van der Waals surface area contributed by atoms with Crippen molar-refractivity contribution in [2.24, 2.45) is 0 Å². The molecule has 1 aliphatic rings. The van der Waals surface area contributed by atoms with Gasteiger partial charge in [-0.1, -0.05) is 6.07 Å². The van der Waals surface area contributed by atoms with Crippen molar-refractivity contribution >= 4 is 39.1 Å². The van der Waals surface area contributed by atoms with E-state index in [-0.39, 0.29) is 6.10 Å². The van der Waals surface area contributed by atoms with Crippen LogP contribution in [0.25, 0.3) is 20.8 Å². The summed E-state index contributed by atoms with van der Waals surface area (Å²) in [5.74, 6) is -1.33. The summed E-state index contributed by atoms with van der Waals surface area (Å²) in [5, 5.41) is 6.16. The van der Waals surface area contributed by atoms with E-state index in [1.54, 1.807) is 23.5 Å². The maximum absolute atomic E-state index is 12.0. The van der Waals surface area contributed by atoms with E-state index in [4.69, 9.17) is 4.74 Å². The number of aryl methyl sites for hydroxylation is 1. The van der Waals surface area contributed by atoms with Gasteiger partial charge in [-0.25, -0.2) is 4.98 Å². The van der Waals surface area contributed by atoms with Crippen LogP contribution in [0, 0.1) is 6.92 Å². The molecule has 4 rings (SSSR count). The van der Waals surface area contributed by atoms with Crippen LogP contribution in [-0.4, -0.2) is 36.1 Å². The summed E-state index contributed by atoms with van der Waals surface area (Å²) in [6.07, 6.45) is 1.91. The molecule has 0 spiro atoms. The number of nitrogens with one attached hydrogen (secondary N) is 2. The van der Waals surface area contributed by atoms with Crippen molar-refractivity contribution in [3.05, 3.63) is 48.0 Å². The third-order valence-electron chi connectivity index (χ3n) is 4.65. The van der Waals surface area contributed by atoms with E-state index in [1.165, 1.54) is 5.56 Å². The van der Waals surface area contributed by atoms with Crippen molar-refractivity contribution < 1.29 is 14.3 Å². The lowest BCUT2D eigenvalue weighted by atomic mass is 10.2. The fraction of sp³-hybridized carbons (Fsp3) is 0.286. The number of thiazole rings is 1. The number of carbonyl (C=O) groups is 2. The Labute approximate surface area is 166 Å². The van der Waals surface area contributed by atoms with Crippen LogP contribution in [-0.2, 0) is 14.3 Å². The molecular weight excluding hydrogens is 374 g/mol. The first-order valence-electron chi connectivity index (χ1n) is 9.27. The third-order valence-corrected chi connectivity index (χ3v) is 5.72. The standard InChI is InChI=1S/C21H21N3O3S/c1-13-4-9-17-18(11-13)28-21(24-17)14-5-7-15(8-6-14)23-20(26)19(25)22-12-16-3-2-10-27-16/h4-9,11,16H,2-3,10,12H2,1H3,(H,22,25)(H,23,26). The van der Waals surface area contributed by atoms with Gasteiger partial charge >= 0.3 is 11.8 Å². The van der Waals surface area contributed by atoms with E-state index in [0.717, 1.165) is 33.6 Å². The second kappa shape index (κ2) is 8.08. The van der Waals surface area contributed by atoms with Gasteiger partial charge in [0.2, 0.25) is 0 Å². The van der Waals surface area contributed by atoms with Crippen molar-refractivity contribution in [3.8, 4) is 10.6 Å². The van der Waals surface area contributed by atoms with Crippen molar-refractivity contribution in [1.82, 2.24) is 10.3 Å². The van der Waals surface area contributed by atoms with Crippen LogP contribution in [0.4, 0.5) is 5.69 Å². The maximum atomic E-state index is 12.0. The average Bonchev–Trinajstić information content (AvgIpc) is 3.36. The highest BCUT2D eigenvalue weighted by Crippen LogP contribution is 2.31. The smallest absolute Gasteiger partial charge is 0.313 e. The zero-order valence-electron chi connectivity index (χ0n) is 15.5. The average molecular weight is 395 g/mol. The number of fused-ring (bicyclic) bond motifs is 1. The van der Waals surface area contributed by atoms with Gasteiger partial charge in [0.05, 0.1) is 16.3 Å². The number of carbonyl (C=O) groups excluding carboxylic acids is 2. The van der Waals surface area contributed by atoms with Crippen LogP contribution in [0.15, 0.2) is 42.5 Å². The van der Waals surface area contributed by atoms with Gasteiger partial charge in [0.1, 0.15) is 5.01 Å². The molecule has 0 bridgehead atoms. The summed E-state index contributed by atoms with van der Waals surface area (Å²) >= 11 is 1.63. The molecule has 0 saturated carbocycles. The number of hydrogen-bond donors (Lipinski definition) is 2. The summed E-state index contributed by atoms with van der Waals surface area (Å²) in [4.78, 5) is 28.6. The summed E-state index contributed by atoms with van der Waals surface area (Å²) < 4.78 is 6.58. The summed E-state index contributed by atoms with van der Waals surface area (Å²) in [6, 6.07) is 13.5. The van der Waals surface area contributed by atoms with Gasteiger partial charge in [0.15, 0.2) is 0 Å². The molecule has 0 aliphatic carbocycles. The van der Waals surface area contributed by atoms with Crippen LogP contribution in [0.3, 0.4) is 0 Å². The number of ether oxygens (including phenoxy) is 1. The molecule has 7 heteroatoms. The van der Waals surface area contributed by atoms with E-state index in [0.29, 0.717) is 18.8 Å². The fourth-order valence-corrected chi connectivity index (χ4v) is 4.20. The SMILES string of the molecule is Cc1ccc2nc(-c3ccc(NC(=O)C(=O)NCC4CCCO4)cc3)sc2c1. The molecule has 1 fully saturated rings. The van der Waals surface area contributed by atoms with E-state index in [9.17, 15) is 9.59 Å². The second-order valence-electron chi connectivity index (χ2n) is 6.87. The molecule has 1 atom stereocenters. The Kier molecular flexibility index (Phi) is 5.36. The number of hydrogen-bond acceptors (Lipinski definition) is 5. The Morgan fingerprint density at radius 2 is 2.00 bits per heavy atom. The van der Waals surface area contributed by atoms with E-state index in [1.807, 2.05) is 24.3 Å². The highest BCUT2D eigenvalue weighted by Gasteiger charge is 2.19. The molecule has 1 saturated heterocycles. The van der Waals surface area contributed by atoms with Gasteiger partial charge < -0.3 is 15.4 Å². The summed E-state index contributed by atoms with van der Waals surface area (Å²) in [7, 11) is 0. The zero-order chi connectivity index (χ0) is 19.5. The number of aromatic nitrogens is 1. The lowest BCUT2D eigenvalue weighted by Gasteiger charge is -2.10. The number of rotatable bonds is 4. The molecule has 1 aliphatic heterocycles. The number of benzene rings is 2. The minimum absolute atomic E-state index is 0.00799. The largest absolute Gasteiger partial charge is 0.376 e. The number of amides is 2. The van der Waals surface area contributed by atoms with Crippen LogP contribution < -0.4 is 10.6 Å². The fourth-order valence-electron chi connectivity index (χ4n) is 3.13. The minimum atomic E-state index is -0.679. The molecular formula is C21H21N3O3S. The Bertz CT molecular complexity index is 1010. The molecule has 1 unspecified atom stereocenters. The Morgan fingerprint density at radius 1 is 1.18 bits per heavy atom. The third kappa shape index (κ3) is 4.21. The maximum Gasteiger partial charge on any atom is 0.313 e. The molecule has 2 amide bonds. The van der Waals surface area contributed by atoms with Gasteiger partial charge in [-0.15, -0.1) is 11.3 Å². The molecule has 1 aromatic heterocycles. The van der Waals surface area contributed by atoms with Gasteiger partial charge in [-0.2, -0.15) is 0 Å². The Morgan fingerprint density at radius 3 is 2.75 bits per heavy atom. The normalized spacial score (nSPS) is 16.2. The van der Waals surface area contributed by atoms with Crippen LogP contribution >= 0.6 is 11.3 Å². The van der Waals surface area contributed by atoms with Gasteiger partial charge in [0, 0.05) is 24.4 Å². The zero-order valence-corrected chi connectivity index (χ0v) is 16.3. The predicted octanol–water partition coefficient (Wildman–Crippen LogP) is 3.51. The lowest BCUT2D eigenvalue weighted by Crippen LogP contribution is -2.39. The van der Waals surface area contributed by atoms with Gasteiger partial charge in [-0.3, -0.25) is 9.59 Å². The first-order valence-corrected chi connectivity index (χ1v) is 10.1. The van der Waals surface area contributed by atoms with Crippen LogP contribution in [0.5, 0.6) is 0 Å². The van der Waals surface area contributed by atoms with Crippen LogP contribution in [0.1, 0.15) is 18.4 Å². The van der Waals surface area contributed by atoms with E-state index in [2.05, 4.69) is 28.6 Å². The number of nitrogens with zero attached hydrogens (tertiary/aromatic N) is 1. The van der Waals surface area contributed by atoms with Crippen molar-refractivity contribution in [1.29, 1.82) is 0 Å². The number of anilines is 1. The lowest BCUT2D eigenvalue weighted by molar-refractivity contribution is -0.136. The highest BCUT2D eigenvalue weighted by atomic mass is 32.1. The van der Waals surface area contributed by atoms with Crippen molar-refractivity contribution in [2.75, 3.05) is 18.5 Å². The second-order valence-corrected chi connectivity index (χ2v) is 7.90. The Hall–Kier alpha value is -2.77. The van der Waals surface area contributed by atoms with E-state index < -0.39 is 11.8 Å². The van der Waals surface area contributed by atoms with Crippen molar-refractivity contribution in [3.63, 3.8) is 0 Å². The molecule has 2 N–H and O–H groups in total. The molecule has 6 nitrogen and oxygen atoms in total. The monoisotopic (exact) mass is 395 g/mol. The Balaban J connectivity index is 1.38. The molecule has 144 valence electrons. The molecule has 28 heavy (non-hydrogen) atoms. The molecule has 2 aromatic carbocycles. The summed E-state index contributed by atoms with van der Waals surface area (Å²) in [6.45, 7) is 3.14. The molecule has 0 radical (unpaired) electrons. The van der Waals surface area contributed by atoms with Gasteiger partial charge in [-0.05, 0) is 61.7 Å². The molecule has 2 heterocycles. The van der Waals surface area contributed by atoms with E-state index >= 15 is 0 Å². The summed E-state index contributed by atoms with van der Waals surface area (Å²) in [5.41, 5.74) is 3.72. The molecule has 3 aromatic rings. The van der Waals surface area contributed by atoms with Crippen molar-refractivity contribution in [2.45, 2.75) is 25.9 Å². The first-order chi connectivity index (χ1) is 13.6. The quantitative estimate of drug-likeness (QED) is 0.663.